The van der Waals surface area contributed by atoms with Gasteiger partial charge >= 0.3 is 11.7 Å². The first-order chi connectivity index (χ1) is 10.4. The van der Waals surface area contributed by atoms with Gasteiger partial charge in [0.25, 0.3) is 5.56 Å². The first-order valence-electron chi connectivity index (χ1n) is 6.16. The fraction of sp³-hybridized carbons (Fsp3) is 0.545. The van der Waals surface area contributed by atoms with Gasteiger partial charge in [0, 0.05) is 23.6 Å². The van der Waals surface area contributed by atoms with Crippen LogP contribution in [0, 0.1) is 0 Å². The summed E-state index contributed by atoms with van der Waals surface area (Å²) in [4.78, 5) is 39.1. The lowest BCUT2D eigenvalue weighted by Gasteiger charge is -2.24. The minimum Gasteiger partial charge on any atom is -0.467 e. The van der Waals surface area contributed by atoms with Crippen molar-refractivity contribution in [3.8, 4) is 0 Å². The van der Waals surface area contributed by atoms with Gasteiger partial charge in [-0.05, 0) is 5.53 Å². The SMILES string of the molecule is COC(=O)[C@]1(CN=[N+]=[N-])C[C@@H](F)[C@H](n2ccc(=O)[nH]c2=O)O1. The van der Waals surface area contributed by atoms with Crippen LogP contribution in [0.4, 0.5) is 4.39 Å². The predicted molar refractivity (Wildman–Crippen MR) is 69.7 cm³/mol. The number of carbonyl (C=O) groups is 1. The number of aromatic nitrogens is 2. The first-order valence-corrected chi connectivity index (χ1v) is 6.16. The molecule has 22 heavy (non-hydrogen) atoms. The van der Waals surface area contributed by atoms with Crippen molar-refractivity contribution in [1.82, 2.24) is 9.55 Å². The Kier molecular flexibility index (Phi) is 4.29. The van der Waals surface area contributed by atoms with E-state index in [2.05, 4.69) is 14.8 Å². The second kappa shape index (κ2) is 6.00. The maximum atomic E-state index is 14.3. The molecule has 118 valence electrons. The molecule has 0 aromatic carbocycles. The molecule has 0 amide bonds. The minimum absolute atomic E-state index is 0.449. The molecular weight excluding hydrogens is 301 g/mol. The molecule has 0 bridgehead atoms. The molecule has 11 heteroatoms. The van der Waals surface area contributed by atoms with Gasteiger partial charge in [0.1, 0.15) is 6.17 Å². The number of halogens is 1. The van der Waals surface area contributed by atoms with Gasteiger partial charge in [0.05, 0.1) is 13.7 Å². The molecule has 0 unspecified atom stereocenters. The highest BCUT2D eigenvalue weighted by Gasteiger charge is 2.53. The number of esters is 1. The largest absolute Gasteiger partial charge is 0.467 e. The van der Waals surface area contributed by atoms with Crippen molar-refractivity contribution < 1.29 is 18.7 Å². The van der Waals surface area contributed by atoms with Crippen LogP contribution in [0.25, 0.3) is 10.4 Å². The number of nitrogens with one attached hydrogen (secondary N) is 1. The van der Waals surface area contributed by atoms with E-state index in [1.165, 1.54) is 0 Å². The number of carbonyl (C=O) groups excluding carboxylic acids is 1. The number of alkyl halides is 1. The Morgan fingerprint density at radius 1 is 1.73 bits per heavy atom. The topological polar surface area (TPSA) is 139 Å². The molecule has 0 aliphatic carbocycles. The zero-order valence-corrected chi connectivity index (χ0v) is 11.4. The fourth-order valence-corrected chi connectivity index (χ4v) is 2.26. The van der Waals surface area contributed by atoms with Crippen LogP contribution in [0.2, 0.25) is 0 Å². The van der Waals surface area contributed by atoms with E-state index in [9.17, 15) is 18.8 Å². The number of rotatable bonds is 4. The van der Waals surface area contributed by atoms with E-state index in [0.717, 1.165) is 23.9 Å². The third kappa shape index (κ3) is 2.71. The van der Waals surface area contributed by atoms with Crippen LogP contribution in [-0.2, 0) is 14.3 Å². The summed E-state index contributed by atoms with van der Waals surface area (Å²) < 4.78 is 25.0. The molecular formula is C11H12FN5O5. The van der Waals surface area contributed by atoms with Crippen molar-refractivity contribution in [2.75, 3.05) is 13.7 Å². The van der Waals surface area contributed by atoms with Crippen molar-refractivity contribution in [3.63, 3.8) is 0 Å². The molecule has 1 saturated heterocycles. The predicted octanol–water partition coefficient (Wildman–Crippen LogP) is 0.0157. The van der Waals surface area contributed by atoms with Gasteiger partial charge in [-0.25, -0.2) is 14.0 Å². The summed E-state index contributed by atoms with van der Waals surface area (Å²) in [6.45, 7) is -0.481. The molecule has 2 rings (SSSR count). The van der Waals surface area contributed by atoms with Gasteiger partial charge in [-0.15, -0.1) is 0 Å². The summed E-state index contributed by atoms with van der Waals surface area (Å²) in [5.74, 6) is -0.914. The van der Waals surface area contributed by atoms with E-state index in [4.69, 9.17) is 10.3 Å². The molecule has 0 radical (unpaired) electrons. The van der Waals surface area contributed by atoms with Gasteiger partial charge in [0.15, 0.2) is 11.8 Å². The van der Waals surface area contributed by atoms with E-state index in [0.29, 0.717) is 0 Å². The van der Waals surface area contributed by atoms with Gasteiger partial charge in [0.2, 0.25) is 0 Å². The van der Waals surface area contributed by atoms with Crippen molar-refractivity contribution >= 4 is 5.97 Å². The first kappa shape index (κ1) is 15.7. The van der Waals surface area contributed by atoms with Gasteiger partial charge in [-0.2, -0.15) is 0 Å². The maximum absolute atomic E-state index is 14.3. The number of hydrogen-bond acceptors (Lipinski definition) is 6. The Labute approximate surface area is 122 Å². The van der Waals surface area contributed by atoms with Crippen molar-refractivity contribution in [2.24, 2.45) is 5.11 Å². The van der Waals surface area contributed by atoms with Crippen molar-refractivity contribution in [3.05, 3.63) is 43.5 Å². The molecule has 2 heterocycles. The van der Waals surface area contributed by atoms with E-state index >= 15 is 0 Å². The van der Waals surface area contributed by atoms with Crippen LogP contribution in [0.3, 0.4) is 0 Å². The average molecular weight is 313 g/mol. The van der Waals surface area contributed by atoms with Crippen LogP contribution in [0.5, 0.6) is 0 Å². The molecule has 1 aliphatic heterocycles. The molecule has 1 aromatic heterocycles. The molecule has 1 aliphatic rings. The molecule has 1 N–H and O–H groups in total. The molecule has 0 spiro atoms. The van der Waals surface area contributed by atoms with Crippen LogP contribution in [-0.4, -0.2) is 40.9 Å². The van der Waals surface area contributed by atoms with Crippen LogP contribution < -0.4 is 11.2 Å². The summed E-state index contributed by atoms with van der Waals surface area (Å²) in [7, 11) is 1.08. The summed E-state index contributed by atoms with van der Waals surface area (Å²) in [5.41, 5.74) is 5.03. The number of azide groups is 1. The molecule has 1 aromatic rings. The van der Waals surface area contributed by atoms with E-state index < -0.39 is 48.2 Å². The van der Waals surface area contributed by atoms with Crippen LogP contribution in [0.1, 0.15) is 12.6 Å². The third-order valence-electron chi connectivity index (χ3n) is 3.25. The second-order valence-corrected chi connectivity index (χ2v) is 4.62. The van der Waals surface area contributed by atoms with Crippen LogP contribution in [0.15, 0.2) is 27.0 Å². The lowest BCUT2D eigenvalue weighted by Crippen LogP contribution is -2.43. The number of nitrogens with zero attached hydrogens (tertiary/aromatic N) is 4. The van der Waals surface area contributed by atoms with Gasteiger partial charge in [-0.1, -0.05) is 5.11 Å². The highest BCUT2D eigenvalue weighted by Crippen LogP contribution is 2.39. The lowest BCUT2D eigenvalue weighted by molar-refractivity contribution is -0.171. The zero-order chi connectivity index (χ0) is 16.3. The van der Waals surface area contributed by atoms with Crippen molar-refractivity contribution in [1.29, 1.82) is 0 Å². The highest BCUT2D eigenvalue weighted by molar-refractivity contribution is 5.80. The standard InChI is InChI=1S/C11H12FN5O5/c1-21-9(19)11(5-14-16-13)4-6(12)8(22-11)17-3-2-7(18)15-10(17)20/h2-3,6,8H,4-5H2,1H3,(H,15,18,20)/t6-,8-,11-/m1/s1. The fourth-order valence-electron chi connectivity index (χ4n) is 2.26. The van der Waals surface area contributed by atoms with E-state index in [1.54, 1.807) is 0 Å². The Hall–Kier alpha value is -2.65. The van der Waals surface area contributed by atoms with Crippen molar-refractivity contribution in [2.45, 2.75) is 24.4 Å². The van der Waals surface area contributed by atoms with E-state index in [1.807, 2.05) is 4.98 Å². The molecule has 10 nitrogen and oxygen atoms in total. The van der Waals surface area contributed by atoms with Gasteiger partial charge < -0.3 is 9.47 Å². The summed E-state index contributed by atoms with van der Waals surface area (Å²) in [6, 6.07) is 1.02. The third-order valence-corrected chi connectivity index (χ3v) is 3.25. The maximum Gasteiger partial charge on any atom is 0.338 e. The smallest absolute Gasteiger partial charge is 0.338 e. The molecule has 3 atom stereocenters. The number of hydrogen-bond donors (Lipinski definition) is 1. The monoisotopic (exact) mass is 313 g/mol. The Morgan fingerprint density at radius 2 is 2.45 bits per heavy atom. The summed E-state index contributed by atoms with van der Waals surface area (Å²) >= 11 is 0. The highest BCUT2D eigenvalue weighted by atomic mass is 19.1. The summed E-state index contributed by atoms with van der Waals surface area (Å²) in [6.07, 6.45) is -2.58. The number of methoxy groups -OCH3 is 1. The summed E-state index contributed by atoms with van der Waals surface area (Å²) in [5, 5.41) is 3.24. The quantitative estimate of drug-likeness (QED) is 0.361. The number of H-pyrrole nitrogens is 1. The molecule has 0 saturated carbocycles. The molecule has 1 fully saturated rings. The Balaban J connectivity index is 2.40. The number of aromatic amines is 1. The Morgan fingerprint density at radius 3 is 3.05 bits per heavy atom. The second-order valence-electron chi connectivity index (χ2n) is 4.62. The average Bonchev–Trinajstić information content (AvgIpc) is 2.82. The lowest BCUT2D eigenvalue weighted by atomic mass is 10.00. The zero-order valence-electron chi connectivity index (χ0n) is 11.4. The Bertz CT molecular complexity index is 739. The van der Waals surface area contributed by atoms with Crippen LogP contribution >= 0.6 is 0 Å². The number of ether oxygens (including phenoxy) is 2. The van der Waals surface area contributed by atoms with E-state index in [-0.39, 0.29) is 0 Å². The normalized spacial score (nSPS) is 27.2. The van der Waals surface area contributed by atoms with Gasteiger partial charge in [-0.3, -0.25) is 14.3 Å². The minimum atomic E-state index is -1.82.